The van der Waals surface area contributed by atoms with E-state index in [4.69, 9.17) is 0 Å². The van der Waals surface area contributed by atoms with Crippen LogP contribution in [0.4, 0.5) is 5.69 Å². The van der Waals surface area contributed by atoms with Crippen molar-refractivity contribution in [3.05, 3.63) is 101 Å². The summed E-state index contributed by atoms with van der Waals surface area (Å²) in [4.78, 5) is 29.5. The molecule has 0 unspecified atom stereocenters. The second-order valence-electron chi connectivity index (χ2n) is 11.5. The number of nitrogens with zero attached hydrogens (tertiary/aromatic N) is 2. The van der Waals surface area contributed by atoms with Gasteiger partial charge in [-0.1, -0.05) is 79.6 Å². The maximum absolute atomic E-state index is 14.0. The molecule has 3 aromatic carbocycles. The highest BCUT2D eigenvalue weighted by molar-refractivity contribution is 7.92. The third kappa shape index (κ3) is 8.92. The number of hydrogen-bond donors (Lipinski definition) is 1. The van der Waals surface area contributed by atoms with Crippen LogP contribution in [0.25, 0.3) is 0 Å². The van der Waals surface area contributed by atoms with Crippen molar-refractivity contribution >= 4 is 27.5 Å². The van der Waals surface area contributed by atoms with Gasteiger partial charge in [0.2, 0.25) is 21.8 Å². The number of sulfonamides is 1. The first-order valence-electron chi connectivity index (χ1n) is 14.8. The molecular weight excluding hydrogens is 546 g/mol. The second kappa shape index (κ2) is 14.5. The Hall–Kier alpha value is -3.65. The van der Waals surface area contributed by atoms with Gasteiger partial charge in [0.25, 0.3) is 0 Å². The molecule has 0 spiro atoms. The Bertz CT molecular complexity index is 1420. The number of rotatable bonds is 13. The molecule has 0 aromatic heterocycles. The normalized spacial score (nSPS) is 14.4. The summed E-state index contributed by atoms with van der Waals surface area (Å²) >= 11 is 0. The number of benzene rings is 3. The molecule has 0 radical (unpaired) electrons. The van der Waals surface area contributed by atoms with Gasteiger partial charge in [0.05, 0.1) is 11.9 Å². The molecular formula is C34H43N3O4S. The van der Waals surface area contributed by atoms with Gasteiger partial charge in [-0.25, -0.2) is 8.42 Å². The summed E-state index contributed by atoms with van der Waals surface area (Å²) in [7, 11) is -3.56. The molecule has 2 amide bonds. The molecule has 4 rings (SSSR count). The first-order chi connectivity index (χ1) is 20.1. The highest BCUT2D eigenvalue weighted by Crippen LogP contribution is 2.23. The van der Waals surface area contributed by atoms with E-state index in [1.165, 1.54) is 10.6 Å². The van der Waals surface area contributed by atoms with Crippen molar-refractivity contribution in [1.82, 2.24) is 10.2 Å². The first-order valence-corrected chi connectivity index (χ1v) is 16.7. The summed E-state index contributed by atoms with van der Waals surface area (Å²) in [6.07, 6.45) is 6.13. The van der Waals surface area contributed by atoms with Crippen molar-refractivity contribution in [2.24, 2.45) is 0 Å². The predicted molar refractivity (Wildman–Crippen MR) is 169 cm³/mol. The average molecular weight is 590 g/mol. The molecule has 8 heteroatoms. The van der Waals surface area contributed by atoms with Crippen molar-refractivity contribution in [3.8, 4) is 0 Å². The van der Waals surface area contributed by atoms with Crippen LogP contribution in [-0.2, 0) is 32.6 Å². The van der Waals surface area contributed by atoms with E-state index in [0.29, 0.717) is 25.1 Å². The van der Waals surface area contributed by atoms with Gasteiger partial charge < -0.3 is 10.2 Å². The lowest BCUT2D eigenvalue weighted by atomic mass is 10.0. The number of amides is 2. The topological polar surface area (TPSA) is 86.8 Å². The van der Waals surface area contributed by atoms with Crippen LogP contribution in [0.2, 0.25) is 0 Å². The van der Waals surface area contributed by atoms with Crippen LogP contribution in [0.1, 0.15) is 60.8 Å². The standard InChI is InChI=1S/C34H43N3O4S/c1-26-21-27(2)23-31(22-26)37(42(3,40)41)20-12-19-33(38)36(25-29-15-8-5-9-16-29)32(24-28-13-6-4-7-14-28)34(39)35-30-17-10-11-18-30/h4-9,13-16,21-23,30,32H,10-12,17-20,24-25H2,1-3H3,(H,35,39)/t32-/m0/s1. The number of anilines is 1. The van der Waals surface area contributed by atoms with E-state index >= 15 is 0 Å². The van der Waals surface area contributed by atoms with Crippen LogP contribution in [-0.4, -0.2) is 50.0 Å². The molecule has 1 N–H and O–H groups in total. The molecule has 1 fully saturated rings. The van der Waals surface area contributed by atoms with Crippen LogP contribution in [0.3, 0.4) is 0 Å². The zero-order chi connectivity index (χ0) is 30.1. The summed E-state index contributed by atoms with van der Waals surface area (Å²) in [5.41, 5.74) is 4.46. The minimum atomic E-state index is -3.56. The SMILES string of the molecule is Cc1cc(C)cc(N(CCCC(=O)N(Cc2ccccc2)[C@@H](Cc2ccccc2)C(=O)NC2CCCC2)S(C)(=O)=O)c1. The molecule has 224 valence electrons. The molecule has 3 aromatic rings. The number of hydrogen-bond acceptors (Lipinski definition) is 4. The highest BCUT2D eigenvalue weighted by atomic mass is 32.2. The maximum atomic E-state index is 14.0. The Labute approximate surface area is 251 Å². The van der Waals surface area contributed by atoms with E-state index in [0.717, 1.165) is 47.9 Å². The van der Waals surface area contributed by atoms with E-state index < -0.39 is 16.1 Å². The second-order valence-corrected chi connectivity index (χ2v) is 13.4. The van der Waals surface area contributed by atoms with Crippen LogP contribution in [0.5, 0.6) is 0 Å². The number of carbonyl (C=O) groups is 2. The van der Waals surface area contributed by atoms with Crippen LogP contribution in [0.15, 0.2) is 78.9 Å². The first kappa shape index (κ1) is 31.3. The third-order valence-corrected chi connectivity index (χ3v) is 9.01. The quantitative estimate of drug-likeness (QED) is 0.283. The number of carbonyl (C=O) groups excluding carboxylic acids is 2. The van der Waals surface area contributed by atoms with Gasteiger partial charge in [-0.15, -0.1) is 0 Å². The lowest BCUT2D eigenvalue weighted by Gasteiger charge is -2.33. The van der Waals surface area contributed by atoms with Crippen molar-refractivity contribution < 1.29 is 18.0 Å². The Morgan fingerprint density at radius 1 is 0.881 bits per heavy atom. The molecule has 1 saturated carbocycles. The molecule has 0 saturated heterocycles. The van der Waals surface area contributed by atoms with E-state index in [1.807, 2.05) is 92.7 Å². The van der Waals surface area contributed by atoms with Gasteiger partial charge >= 0.3 is 0 Å². The van der Waals surface area contributed by atoms with Crippen molar-refractivity contribution in [3.63, 3.8) is 0 Å². The monoisotopic (exact) mass is 589 g/mol. The Balaban J connectivity index is 1.57. The predicted octanol–water partition coefficient (Wildman–Crippen LogP) is 5.55. The lowest BCUT2D eigenvalue weighted by Crippen LogP contribution is -2.52. The summed E-state index contributed by atoms with van der Waals surface area (Å²) in [6, 6.07) is 24.6. The molecule has 1 aliphatic carbocycles. The number of aryl methyl sites for hydroxylation is 2. The van der Waals surface area contributed by atoms with Crippen LogP contribution < -0.4 is 9.62 Å². The summed E-state index contributed by atoms with van der Waals surface area (Å²) in [5, 5.41) is 3.23. The minimum absolute atomic E-state index is 0.117. The Morgan fingerprint density at radius 2 is 1.45 bits per heavy atom. The van der Waals surface area contributed by atoms with E-state index in [2.05, 4.69) is 5.32 Å². The Morgan fingerprint density at radius 3 is 2.02 bits per heavy atom. The van der Waals surface area contributed by atoms with Gasteiger partial charge in [0, 0.05) is 32.0 Å². The van der Waals surface area contributed by atoms with E-state index in [1.54, 1.807) is 4.90 Å². The molecule has 0 heterocycles. The molecule has 42 heavy (non-hydrogen) atoms. The smallest absolute Gasteiger partial charge is 0.243 e. The molecule has 0 bridgehead atoms. The zero-order valence-corrected chi connectivity index (χ0v) is 25.8. The highest BCUT2D eigenvalue weighted by Gasteiger charge is 2.32. The molecule has 1 aliphatic rings. The van der Waals surface area contributed by atoms with Crippen molar-refractivity contribution in [2.45, 2.75) is 77.4 Å². The largest absolute Gasteiger partial charge is 0.352 e. The van der Waals surface area contributed by atoms with Crippen molar-refractivity contribution in [2.75, 3.05) is 17.1 Å². The fraction of sp³-hybridized carbons (Fsp3) is 0.412. The van der Waals surface area contributed by atoms with Gasteiger partial charge in [-0.3, -0.25) is 13.9 Å². The summed E-state index contributed by atoms with van der Waals surface area (Å²) in [5.74, 6) is -0.307. The van der Waals surface area contributed by atoms with Crippen LogP contribution in [0, 0.1) is 13.8 Å². The van der Waals surface area contributed by atoms with Crippen molar-refractivity contribution in [1.29, 1.82) is 0 Å². The van der Waals surface area contributed by atoms with Gasteiger partial charge in [0.1, 0.15) is 6.04 Å². The molecule has 7 nitrogen and oxygen atoms in total. The Kier molecular flexibility index (Phi) is 10.8. The van der Waals surface area contributed by atoms with E-state index in [-0.39, 0.29) is 30.8 Å². The summed E-state index contributed by atoms with van der Waals surface area (Å²) in [6.45, 7) is 4.34. The minimum Gasteiger partial charge on any atom is -0.352 e. The summed E-state index contributed by atoms with van der Waals surface area (Å²) < 4.78 is 26.9. The maximum Gasteiger partial charge on any atom is 0.243 e. The van der Waals surface area contributed by atoms with Crippen LogP contribution >= 0.6 is 0 Å². The molecule has 0 aliphatic heterocycles. The van der Waals surface area contributed by atoms with Gasteiger partial charge in [0.15, 0.2) is 0 Å². The lowest BCUT2D eigenvalue weighted by molar-refractivity contribution is -0.141. The number of nitrogens with one attached hydrogen (secondary N) is 1. The molecule has 1 atom stereocenters. The van der Waals surface area contributed by atoms with E-state index in [9.17, 15) is 18.0 Å². The van der Waals surface area contributed by atoms with Gasteiger partial charge in [-0.05, 0) is 67.5 Å². The zero-order valence-electron chi connectivity index (χ0n) is 25.0. The van der Waals surface area contributed by atoms with Gasteiger partial charge in [-0.2, -0.15) is 0 Å². The third-order valence-electron chi connectivity index (χ3n) is 7.82. The fourth-order valence-corrected chi connectivity index (χ4v) is 6.75. The average Bonchev–Trinajstić information content (AvgIpc) is 3.45. The fourth-order valence-electron chi connectivity index (χ4n) is 5.80.